The fourth-order valence-corrected chi connectivity index (χ4v) is 5.27. The standard InChI is InChI=1S/C25H32FN5O4S/c1-16(2)27-8-9-35-23-21(30-36(4,33)34)11-17(14-29-23)10-18(26)12-19-13-20-22(15-28-19)31(3)24(32)25(20)6-5-7-25/h10-12,14-16,27,30H,5-9,13H2,1-4H3/b18-10-,19-12+. The molecule has 2 aliphatic heterocycles. The van der Waals surface area contributed by atoms with E-state index in [0.717, 1.165) is 36.8 Å². The Bertz CT molecular complexity index is 1280. The Morgan fingerprint density at radius 2 is 2.11 bits per heavy atom. The molecule has 1 spiro atoms. The number of aliphatic imine (C=N–C) groups is 1. The molecule has 4 rings (SSSR count). The molecular formula is C25H32FN5O4S. The molecule has 2 N–H and O–H groups in total. The highest BCUT2D eigenvalue weighted by Crippen LogP contribution is 2.56. The molecule has 1 amide bonds. The average molecular weight is 518 g/mol. The van der Waals surface area contributed by atoms with Gasteiger partial charge in [-0.2, -0.15) is 0 Å². The van der Waals surface area contributed by atoms with Crippen LogP contribution in [-0.2, 0) is 14.8 Å². The number of nitrogens with zero attached hydrogens (tertiary/aromatic N) is 3. The van der Waals surface area contributed by atoms with Crippen LogP contribution in [0, 0.1) is 5.41 Å². The van der Waals surface area contributed by atoms with Gasteiger partial charge in [-0.15, -0.1) is 0 Å². The van der Waals surface area contributed by atoms with E-state index in [1.165, 1.54) is 24.4 Å². The van der Waals surface area contributed by atoms with Crippen molar-refractivity contribution in [3.63, 3.8) is 0 Å². The van der Waals surface area contributed by atoms with Crippen LogP contribution in [0.2, 0.25) is 0 Å². The molecule has 9 nitrogen and oxygen atoms in total. The third-order valence-electron chi connectivity index (χ3n) is 6.55. The van der Waals surface area contributed by atoms with Gasteiger partial charge in [0, 0.05) is 37.9 Å². The number of hydrogen-bond donors (Lipinski definition) is 2. The summed E-state index contributed by atoms with van der Waals surface area (Å²) in [6.07, 6.45) is 9.72. The van der Waals surface area contributed by atoms with E-state index in [-0.39, 0.29) is 30.1 Å². The smallest absolute Gasteiger partial charge is 0.238 e. The van der Waals surface area contributed by atoms with Gasteiger partial charge in [0.2, 0.25) is 21.8 Å². The minimum Gasteiger partial charge on any atom is -0.475 e. The number of nitrogens with one attached hydrogen (secondary N) is 2. The molecule has 0 atom stereocenters. The number of hydrogen-bond acceptors (Lipinski definition) is 7. The van der Waals surface area contributed by atoms with Crippen LogP contribution in [0.25, 0.3) is 6.08 Å². The maximum Gasteiger partial charge on any atom is 0.238 e. The zero-order valence-electron chi connectivity index (χ0n) is 21.0. The third-order valence-corrected chi connectivity index (χ3v) is 7.14. The van der Waals surface area contributed by atoms with Gasteiger partial charge in [0.1, 0.15) is 18.1 Å². The van der Waals surface area contributed by atoms with Crippen LogP contribution in [0.1, 0.15) is 45.1 Å². The number of ether oxygens (including phenoxy) is 1. The summed E-state index contributed by atoms with van der Waals surface area (Å²) in [4.78, 5) is 23.0. The number of amides is 1. The molecule has 36 heavy (non-hydrogen) atoms. The van der Waals surface area contributed by atoms with Crippen LogP contribution in [0.3, 0.4) is 0 Å². The summed E-state index contributed by atoms with van der Waals surface area (Å²) in [6, 6.07) is 1.75. The van der Waals surface area contributed by atoms with E-state index in [1.54, 1.807) is 18.2 Å². The Hall–Kier alpha value is -3.05. The summed E-state index contributed by atoms with van der Waals surface area (Å²) >= 11 is 0. The number of allylic oxidation sites excluding steroid dienone is 4. The van der Waals surface area contributed by atoms with Gasteiger partial charge in [-0.25, -0.2) is 17.8 Å². The number of carbonyl (C=O) groups excluding carboxylic acids is 1. The zero-order valence-corrected chi connectivity index (χ0v) is 21.8. The number of aromatic nitrogens is 1. The van der Waals surface area contributed by atoms with E-state index in [2.05, 4.69) is 20.0 Å². The van der Waals surface area contributed by atoms with Crippen LogP contribution in [0.5, 0.6) is 5.88 Å². The summed E-state index contributed by atoms with van der Waals surface area (Å²) in [5.74, 6) is -0.353. The molecule has 1 aliphatic carbocycles. The van der Waals surface area contributed by atoms with Gasteiger partial charge in [-0.3, -0.25) is 14.5 Å². The fourth-order valence-electron chi connectivity index (χ4n) is 4.73. The number of pyridine rings is 1. The Labute approximate surface area is 211 Å². The second-order valence-corrected chi connectivity index (χ2v) is 11.5. The van der Waals surface area contributed by atoms with Crippen molar-refractivity contribution in [3.8, 4) is 5.88 Å². The highest BCUT2D eigenvalue weighted by molar-refractivity contribution is 7.92. The minimum atomic E-state index is -3.60. The molecular weight excluding hydrogens is 485 g/mol. The summed E-state index contributed by atoms with van der Waals surface area (Å²) in [6.45, 7) is 4.86. The van der Waals surface area contributed by atoms with E-state index < -0.39 is 21.3 Å². The molecule has 0 bridgehead atoms. The van der Waals surface area contributed by atoms with Gasteiger partial charge < -0.3 is 15.0 Å². The molecule has 0 unspecified atom stereocenters. The van der Waals surface area contributed by atoms with E-state index in [1.807, 2.05) is 13.8 Å². The van der Waals surface area contributed by atoms with Crippen LogP contribution >= 0.6 is 0 Å². The lowest BCUT2D eigenvalue weighted by Crippen LogP contribution is -2.40. The highest BCUT2D eigenvalue weighted by Gasteiger charge is 2.54. The fraction of sp³-hybridized carbons (Fsp3) is 0.480. The lowest BCUT2D eigenvalue weighted by Gasteiger charge is -2.39. The van der Waals surface area contributed by atoms with Crippen molar-refractivity contribution in [2.75, 3.05) is 31.2 Å². The van der Waals surface area contributed by atoms with E-state index in [9.17, 15) is 17.6 Å². The van der Waals surface area contributed by atoms with Crippen molar-refractivity contribution in [2.45, 2.75) is 45.6 Å². The zero-order chi connectivity index (χ0) is 26.1. The number of rotatable bonds is 9. The van der Waals surface area contributed by atoms with Gasteiger partial charge in [0.15, 0.2) is 0 Å². The predicted octanol–water partition coefficient (Wildman–Crippen LogP) is 3.40. The first kappa shape index (κ1) is 26.0. The third kappa shape index (κ3) is 5.52. The van der Waals surface area contributed by atoms with Crippen molar-refractivity contribution in [1.29, 1.82) is 0 Å². The first-order valence-corrected chi connectivity index (χ1v) is 13.9. The second-order valence-electron chi connectivity index (χ2n) is 9.72. The van der Waals surface area contributed by atoms with Crippen LogP contribution in [0.15, 0.2) is 46.1 Å². The number of sulfonamides is 1. The summed E-state index contributed by atoms with van der Waals surface area (Å²) in [5, 5.41) is 3.20. The quantitative estimate of drug-likeness (QED) is 0.486. The summed E-state index contributed by atoms with van der Waals surface area (Å²) in [7, 11) is -1.85. The Morgan fingerprint density at radius 1 is 1.36 bits per heavy atom. The molecule has 3 heterocycles. The van der Waals surface area contributed by atoms with Crippen molar-refractivity contribution >= 4 is 33.9 Å². The first-order chi connectivity index (χ1) is 17.0. The van der Waals surface area contributed by atoms with Gasteiger partial charge >= 0.3 is 0 Å². The molecule has 1 saturated carbocycles. The van der Waals surface area contributed by atoms with Crippen LogP contribution in [-0.4, -0.2) is 62.9 Å². The summed E-state index contributed by atoms with van der Waals surface area (Å²) in [5.41, 5.74) is 2.39. The molecule has 0 aromatic carbocycles. The molecule has 194 valence electrons. The van der Waals surface area contributed by atoms with Crippen molar-refractivity contribution < 1.29 is 22.3 Å². The normalized spacial score (nSPS) is 20.4. The monoisotopic (exact) mass is 517 g/mol. The van der Waals surface area contributed by atoms with Gasteiger partial charge in [-0.1, -0.05) is 20.3 Å². The highest BCUT2D eigenvalue weighted by atomic mass is 32.2. The largest absolute Gasteiger partial charge is 0.475 e. The molecule has 1 fully saturated rings. The molecule has 1 aromatic heterocycles. The van der Waals surface area contributed by atoms with E-state index in [0.29, 0.717) is 24.2 Å². The molecule has 1 aromatic rings. The SMILES string of the molecule is CC(C)NCCOc1ncc(/C=C(F)/C=C2\CC3=C(C=N2)N(C)C(=O)C32CCC2)cc1NS(C)(=O)=O. The summed E-state index contributed by atoms with van der Waals surface area (Å²) < 4.78 is 46.6. The topological polar surface area (TPSA) is 113 Å². The first-order valence-electron chi connectivity index (χ1n) is 12.0. The predicted molar refractivity (Wildman–Crippen MR) is 138 cm³/mol. The van der Waals surface area contributed by atoms with Gasteiger partial charge in [-0.05, 0) is 42.2 Å². The number of halogens is 1. The lowest BCUT2D eigenvalue weighted by molar-refractivity contribution is -0.138. The molecule has 0 radical (unpaired) electrons. The molecule has 11 heteroatoms. The van der Waals surface area contributed by atoms with Crippen LogP contribution in [0.4, 0.5) is 10.1 Å². The van der Waals surface area contributed by atoms with Crippen molar-refractivity contribution in [1.82, 2.24) is 15.2 Å². The van der Waals surface area contributed by atoms with Crippen molar-refractivity contribution in [3.05, 3.63) is 46.7 Å². The average Bonchev–Trinajstić information content (AvgIpc) is 2.97. The number of fused-ring (bicyclic) bond motifs is 1. The number of carbonyl (C=O) groups is 1. The maximum atomic E-state index is 15.0. The van der Waals surface area contributed by atoms with Gasteiger partial charge in [0.05, 0.1) is 23.6 Å². The second kappa shape index (κ2) is 10.1. The maximum absolute atomic E-state index is 15.0. The Morgan fingerprint density at radius 3 is 2.75 bits per heavy atom. The Balaban J connectivity index is 1.52. The number of dihydropyridines is 1. The van der Waals surface area contributed by atoms with Gasteiger partial charge in [0.25, 0.3) is 0 Å². The number of anilines is 1. The van der Waals surface area contributed by atoms with E-state index >= 15 is 0 Å². The van der Waals surface area contributed by atoms with Crippen molar-refractivity contribution in [2.24, 2.45) is 10.4 Å². The van der Waals surface area contributed by atoms with Crippen LogP contribution < -0.4 is 14.8 Å². The lowest BCUT2D eigenvalue weighted by atomic mass is 9.63. The molecule has 0 saturated heterocycles. The Kier molecular flexibility index (Phi) is 7.33. The van der Waals surface area contributed by atoms with E-state index in [4.69, 9.17) is 4.74 Å². The minimum absolute atomic E-state index is 0.0988. The molecule has 3 aliphatic rings.